The third-order valence-corrected chi connectivity index (χ3v) is 5.22. The largest absolute Gasteiger partial charge is 0.491 e. The zero-order chi connectivity index (χ0) is 16.2. The topological polar surface area (TPSA) is 67.6 Å². The lowest BCUT2D eigenvalue weighted by Crippen LogP contribution is -2.33. The normalized spacial score (nSPS) is 15.2. The van der Waals surface area contributed by atoms with Gasteiger partial charge in [0.05, 0.1) is 6.61 Å². The van der Waals surface area contributed by atoms with Crippen LogP contribution in [0.2, 0.25) is 0 Å². The number of rotatable bonds is 6. The molecule has 1 saturated heterocycles. The summed E-state index contributed by atoms with van der Waals surface area (Å²) in [5.41, 5.74) is 6.55. The quantitative estimate of drug-likeness (QED) is 0.798. The van der Waals surface area contributed by atoms with Gasteiger partial charge in [-0.3, -0.25) is 4.79 Å². The number of nitrogens with two attached hydrogens (primary N) is 1. The van der Waals surface area contributed by atoms with E-state index in [1.807, 2.05) is 25.1 Å². The molecule has 1 aromatic heterocycles. The molecular formula is C17H23N3O2S. The van der Waals surface area contributed by atoms with Gasteiger partial charge in [0.1, 0.15) is 4.88 Å². The van der Waals surface area contributed by atoms with Crippen LogP contribution < -0.4 is 15.8 Å². The van der Waals surface area contributed by atoms with Crippen LogP contribution in [0.1, 0.15) is 29.4 Å². The summed E-state index contributed by atoms with van der Waals surface area (Å²) in [6.45, 7) is 6.30. The predicted molar refractivity (Wildman–Crippen MR) is 95.4 cm³/mol. The Bertz CT molecular complexity index is 692. The summed E-state index contributed by atoms with van der Waals surface area (Å²) in [5, 5.41) is 3.94. The molecule has 2 heterocycles. The molecule has 124 valence electrons. The number of carbonyl (C=O) groups is 1. The maximum Gasteiger partial charge on any atom is 0.265 e. The highest BCUT2D eigenvalue weighted by Gasteiger charge is 2.20. The second kappa shape index (κ2) is 7.19. The molecule has 0 atom stereocenters. The highest BCUT2D eigenvalue weighted by molar-refractivity contribution is 7.21. The number of nitrogens with one attached hydrogen (secondary N) is 1. The highest BCUT2D eigenvalue weighted by atomic mass is 32.1. The van der Waals surface area contributed by atoms with Crippen molar-refractivity contribution in [3.8, 4) is 5.75 Å². The number of hydrogen-bond donors (Lipinski definition) is 2. The Morgan fingerprint density at radius 2 is 2.17 bits per heavy atom. The Morgan fingerprint density at radius 3 is 2.91 bits per heavy atom. The fourth-order valence-corrected chi connectivity index (χ4v) is 3.99. The first-order chi connectivity index (χ1) is 11.2. The van der Waals surface area contributed by atoms with Gasteiger partial charge < -0.3 is 20.7 Å². The molecule has 23 heavy (non-hydrogen) atoms. The number of nitrogens with zero attached hydrogens (tertiary/aromatic N) is 1. The SMILES string of the molecule is CCOc1c(C(=O)NCCN2CCCC2)sc2ccc(N)cc12. The van der Waals surface area contributed by atoms with Gasteiger partial charge in [-0.25, -0.2) is 0 Å². The Morgan fingerprint density at radius 1 is 1.39 bits per heavy atom. The minimum absolute atomic E-state index is 0.0626. The Balaban J connectivity index is 1.74. The molecule has 2 aromatic rings. The number of thiophene rings is 1. The molecule has 1 amide bonds. The van der Waals surface area contributed by atoms with Crippen LogP contribution in [0.5, 0.6) is 5.75 Å². The van der Waals surface area contributed by atoms with Gasteiger partial charge in [0.25, 0.3) is 5.91 Å². The van der Waals surface area contributed by atoms with Gasteiger partial charge in [0.15, 0.2) is 5.75 Å². The molecule has 3 rings (SSSR count). The number of anilines is 1. The fraction of sp³-hybridized carbons (Fsp3) is 0.471. The van der Waals surface area contributed by atoms with E-state index in [9.17, 15) is 4.79 Å². The van der Waals surface area contributed by atoms with Crippen LogP contribution in [0.4, 0.5) is 5.69 Å². The van der Waals surface area contributed by atoms with Crippen molar-refractivity contribution in [2.24, 2.45) is 0 Å². The lowest BCUT2D eigenvalue weighted by atomic mass is 10.2. The van der Waals surface area contributed by atoms with Gasteiger partial charge in [-0.1, -0.05) is 0 Å². The lowest BCUT2D eigenvalue weighted by Gasteiger charge is -2.14. The first-order valence-electron chi connectivity index (χ1n) is 8.14. The van der Waals surface area contributed by atoms with Crippen LogP contribution in [0.15, 0.2) is 18.2 Å². The zero-order valence-corrected chi connectivity index (χ0v) is 14.2. The summed E-state index contributed by atoms with van der Waals surface area (Å²) < 4.78 is 6.75. The third kappa shape index (κ3) is 3.59. The van der Waals surface area contributed by atoms with E-state index in [0.717, 1.165) is 29.7 Å². The first kappa shape index (κ1) is 16.1. The van der Waals surface area contributed by atoms with E-state index in [-0.39, 0.29) is 5.91 Å². The average Bonchev–Trinajstić information content (AvgIpc) is 3.16. The number of nitrogen functional groups attached to an aromatic ring is 1. The molecule has 0 radical (unpaired) electrons. The van der Waals surface area contributed by atoms with E-state index in [0.29, 0.717) is 29.5 Å². The fourth-order valence-electron chi connectivity index (χ4n) is 2.94. The summed E-state index contributed by atoms with van der Waals surface area (Å²) in [4.78, 5) is 15.6. The number of carbonyl (C=O) groups excluding carboxylic acids is 1. The van der Waals surface area contributed by atoms with Crippen LogP contribution in [0.3, 0.4) is 0 Å². The van der Waals surface area contributed by atoms with Crippen molar-refractivity contribution in [2.45, 2.75) is 19.8 Å². The summed E-state index contributed by atoms with van der Waals surface area (Å²) in [5.74, 6) is 0.589. The number of benzene rings is 1. The monoisotopic (exact) mass is 333 g/mol. The predicted octanol–water partition coefficient (Wildman–Crippen LogP) is 2.71. The number of likely N-dealkylation sites (tertiary alicyclic amines) is 1. The Hall–Kier alpha value is -1.79. The molecular weight excluding hydrogens is 310 g/mol. The molecule has 1 aromatic carbocycles. The van der Waals surface area contributed by atoms with Crippen LogP contribution in [-0.4, -0.2) is 43.6 Å². The van der Waals surface area contributed by atoms with Crippen molar-refractivity contribution in [3.05, 3.63) is 23.1 Å². The van der Waals surface area contributed by atoms with Crippen LogP contribution in [0.25, 0.3) is 10.1 Å². The van der Waals surface area contributed by atoms with Crippen molar-refractivity contribution in [2.75, 3.05) is 38.5 Å². The van der Waals surface area contributed by atoms with Crippen molar-refractivity contribution in [1.82, 2.24) is 10.2 Å². The van der Waals surface area contributed by atoms with E-state index < -0.39 is 0 Å². The van der Waals surface area contributed by atoms with E-state index in [1.165, 1.54) is 24.2 Å². The third-order valence-electron chi connectivity index (χ3n) is 4.07. The molecule has 1 fully saturated rings. The van der Waals surface area contributed by atoms with Crippen LogP contribution in [0, 0.1) is 0 Å². The van der Waals surface area contributed by atoms with Crippen LogP contribution >= 0.6 is 11.3 Å². The number of ether oxygens (including phenoxy) is 1. The standard InChI is InChI=1S/C17H23N3O2S/c1-2-22-15-13-11-12(18)5-6-14(13)23-16(15)17(21)19-7-10-20-8-3-4-9-20/h5-6,11H,2-4,7-10,18H2,1H3,(H,19,21). The van der Waals surface area contributed by atoms with E-state index in [2.05, 4.69) is 10.2 Å². The molecule has 1 aliphatic rings. The molecule has 6 heteroatoms. The Kier molecular flexibility index (Phi) is 5.03. The number of fused-ring (bicyclic) bond motifs is 1. The van der Waals surface area contributed by atoms with Gasteiger partial charge in [-0.2, -0.15) is 0 Å². The van der Waals surface area contributed by atoms with Crippen molar-refractivity contribution in [3.63, 3.8) is 0 Å². The smallest absolute Gasteiger partial charge is 0.265 e. The van der Waals surface area contributed by atoms with Crippen molar-refractivity contribution >= 4 is 33.0 Å². The summed E-state index contributed by atoms with van der Waals surface area (Å²) in [7, 11) is 0. The molecule has 3 N–H and O–H groups in total. The Labute approximate surface area is 140 Å². The maximum atomic E-state index is 12.5. The van der Waals surface area contributed by atoms with E-state index >= 15 is 0 Å². The summed E-state index contributed by atoms with van der Waals surface area (Å²) in [6, 6.07) is 5.67. The first-order valence-corrected chi connectivity index (χ1v) is 8.96. The molecule has 5 nitrogen and oxygen atoms in total. The second-order valence-corrected chi connectivity index (χ2v) is 6.81. The van der Waals surface area contributed by atoms with Gasteiger partial charge in [0, 0.05) is 28.9 Å². The molecule has 0 unspecified atom stereocenters. The van der Waals surface area contributed by atoms with Crippen LogP contribution in [-0.2, 0) is 0 Å². The minimum atomic E-state index is -0.0626. The zero-order valence-electron chi connectivity index (χ0n) is 13.4. The van der Waals surface area contributed by atoms with Gasteiger partial charge >= 0.3 is 0 Å². The lowest BCUT2D eigenvalue weighted by molar-refractivity contribution is 0.0950. The van der Waals surface area contributed by atoms with Crippen molar-refractivity contribution < 1.29 is 9.53 Å². The highest BCUT2D eigenvalue weighted by Crippen LogP contribution is 2.38. The molecule has 0 bridgehead atoms. The average molecular weight is 333 g/mol. The summed E-state index contributed by atoms with van der Waals surface area (Å²) in [6.07, 6.45) is 2.53. The van der Waals surface area contributed by atoms with Gasteiger partial charge in [0.2, 0.25) is 0 Å². The van der Waals surface area contributed by atoms with E-state index in [1.54, 1.807) is 0 Å². The molecule has 0 saturated carbocycles. The van der Waals surface area contributed by atoms with E-state index in [4.69, 9.17) is 10.5 Å². The van der Waals surface area contributed by atoms with Gasteiger partial charge in [-0.15, -0.1) is 11.3 Å². The number of hydrogen-bond acceptors (Lipinski definition) is 5. The van der Waals surface area contributed by atoms with Crippen molar-refractivity contribution in [1.29, 1.82) is 0 Å². The van der Waals surface area contributed by atoms with Gasteiger partial charge in [-0.05, 0) is 51.1 Å². The minimum Gasteiger partial charge on any atom is -0.491 e. The second-order valence-electron chi connectivity index (χ2n) is 5.75. The summed E-state index contributed by atoms with van der Waals surface area (Å²) >= 11 is 1.46. The molecule has 0 spiro atoms. The number of amides is 1. The maximum absolute atomic E-state index is 12.5. The molecule has 1 aliphatic heterocycles. The molecule has 0 aliphatic carbocycles.